The van der Waals surface area contributed by atoms with Crippen LogP contribution in [0.3, 0.4) is 0 Å². The van der Waals surface area contributed by atoms with Gasteiger partial charge in [-0.25, -0.2) is 0 Å². The van der Waals surface area contributed by atoms with Crippen LogP contribution in [-0.2, 0) is 11.3 Å². The number of aromatic amines is 1. The Kier molecular flexibility index (Phi) is 6.76. The maximum atomic E-state index is 11.4. The molecular formula is C30H48N2O3. The first-order chi connectivity index (χ1) is 16.5. The van der Waals surface area contributed by atoms with E-state index in [0.717, 1.165) is 55.6 Å². The summed E-state index contributed by atoms with van der Waals surface area (Å²) < 4.78 is 6.16. The van der Waals surface area contributed by atoms with E-state index in [4.69, 9.17) is 4.74 Å². The second-order valence-corrected chi connectivity index (χ2v) is 13.7. The highest BCUT2D eigenvalue weighted by atomic mass is 16.5. The molecule has 0 spiro atoms. The van der Waals surface area contributed by atoms with Gasteiger partial charge in [0.2, 0.25) is 0 Å². The molecule has 0 aliphatic heterocycles. The van der Waals surface area contributed by atoms with Crippen LogP contribution in [0.15, 0.2) is 23.9 Å². The molecular weight excluding hydrogens is 436 g/mol. The number of allylic oxidation sites excluding steroid dienone is 1. The Labute approximate surface area is 212 Å². The van der Waals surface area contributed by atoms with Crippen LogP contribution in [0.25, 0.3) is 0 Å². The van der Waals surface area contributed by atoms with Crippen molar-refractivity contribution in [2.75, 3.05) is 0 Å². The number of aromatic nitrogens is 2. The monoisotopic (exact) mass is 484 g/mol. The molecule has 35 heavy (non-hydrogen) atoms. The van der Waals surface area contributed by atoms with E-state index in [1.54, 1.807) is 6.20 Å². The van der Waals surface area contributed by atoms with E-state index in [9.17, 15) is 10.2 Å². The van der Waals surface area contributed by atoms with Gasteiger partial charge < -0.3 is 14.9 Å². The molecule has 1 heterocycles. The average Bonchev–Trinajstić information content (AvgIpc) is 3.44. The summed E-state index contributed by atoms with van der Waals surface area (Å²) in [4.78, 5) is 0. The topological polar surface area (TPSA) is 78.4 Å². The van der Waals surface area contributed by atoms with Crippen molar-refractivity contribution in [3.05, 3.63) is 29.6 Å². The van der Waals surface area contributed by atoms with Gasteiger partial charge >= 0.3 is 0 Å². The summed E-state index contributed by atoms with van der Waals surface area (Å²) in [5, 5.41) is 28.6. The number of fused-ring (bicyclic) bond motifs is 5. The summed E-state index contributed by atoms with van der Waals surface area (Å²) in [7, 11) is 0. The number of nitrogens with one attached hydrogen (secondary N) is 1. The Morgan fingerprint density at radius 1 is 1.17 bits per heavy atom. The summed E-state index contributed by atoms with van der Waals surface area (Å²) in [6.07, 6.45) is 14.0. The molecule has 5 rings (SSSR count). The van der Waals surface area contributed by atoms with Gasteiger partial charge in [0, 0.05) is 6.20 Å². The fourth-order valence-electron chi connectivity index (χ4n) is 9.20. The summed E-state index contributed by atoms with van der Waals surface area (Å²) in [5.41, 5.74) is 2.18. The summed E-state index contributed by atoms with van der Waals surface area (Å²) in [6.45, 7) is 11.9. The molecule has 4 aliphatic carbocycles. The van der Waals surface area contributed by atoms with Crippen molar-refractivity contribution < 1.29 is 14.9 Å². The molecule has 0 amide bonds. The number of ether oxygens (including phenoxy) is 1. The highest BCUT2D eigenvalue weighted by Gasteiger charge is 2.60. The van der Waals surface area contributed by atoms with Gasteiger partial charge in [-0.3, -0.25) is 5.10 Å². The van der Waals surface area contributed by atoms with Gasteiger partial charge in [-0.05, 0) is 124 Å². The summed E-state index contributed by atoms with van der Waals surface area (Å²) in [6, 6.07) is 1.93. The third-order valence-electron chi connectivity index (χ3n) is 11.1. The molecule has 0 aromatic carbocycles. The molecule has 9 atom stereocenters. The van der Waals surface area contributed by atoms with Gasteiger partial charge in [-0.15, -0.1) is 0 Å². The molecule has 5 heteroatoms. The van der Waals surface area contributed by atoms with Crippen molar-refractivity contribution >= 4 is 0 Å². The minimum atomic E-state index is -0.564. The molecule has 0 saturated heterocycles. The van der Waals surface area contributed by atoms with Gasteiger partial charge in [0.05, 0.1) is 24.0 Å². The Hall–Kier alpha value is -1.17. The number of aliphatic hydroxyl groups is 2. The maximum absolute atomic E-state index is 11.4. The lowest BCUT2D eigenvalue weighted by Gasteiger charge is -2.59. The van der Waals surface area contributed by atoms with Gasteiger partial charge in [-0.2, -0.15) is 5.10 Å². The van der Waals surface area contributed by atoms with E-state index in [2.05, 4.69) is 37.0 Å². The Bertz CT molecular complexity index is 905. The molecule has 1 aromatic heterocycles. The highest BCUT2D eigenvalue weighted by molar-refractivity contribution is 5.29. The average molecular weight is 485 g/mol. The van der Waals surface area contributed by atoms with Crippen molar-refractivity contribution in [3.63, 3.8) is 0 Å². The third-order valence-corrected chi connectivity index (χ3v) is 11.1. The quantitative estimate of drug-likeness (QED) is 0.413. The molecule has 3 saturated carbocycles. The smallest absolute Gasteiger partial charge is 0.102 e. The largest absolute Gasteiger partial charge is 0.390 e. The number of nitrogens with zero attached hydrogens (tertiary/aromatic N) is 1. The molecule has 4 aliphatic rings. The van der Waals surface area contributed by atoms with Crippen molar-refractivity contribution in [1.29, 1.82) is 0 Å². The maximum Gasteiger partial charge on any atom is 0.102 e. The number of hydrogen-bond donors (Lipinski definition) is 3. The van der Waals surface area contributed by atoms with E-state index >= 15 is 0 Å². The molecule has 1 aromatic rings. The predicted octanol–water partition coefficient (Wildman–Crippen LogP) is 6.03. The molecule has 3 fully saturated rings. The van der Waals surface area contributed by atoms with Crippen LogP contribution in [0.5, 0.6) is 0 Å². The highest BCUT2D eigenvalue weighted by Crippen LogP contribution is 2.67. The number of rotatable bonds is 7. The van der Waals surface area contributed by atoms with Gasteiger partial charge in [0.1, 0.15) is 6.10 Å². The number of H-pyrrole nitrogens is 1. The standard InChI is InChI=1S/C30H48N2O3/c1-19(10-14-28(2,3)34)22-8-9-23-21-6-7-25-27(33)26(35-18-20-13-17-31-32-20)12-16-30(25,5)24(21)11-15-29(22,23)4/h7,13,17,19,21-24,26-27,33-34H,6,8-12,14-16,18H2,1-5H3,(H,31,32)/t19-,21+,22-,23+,24+,26+,27-,29-,30-/m1/s1. The number of aliphatic hydroxyl groups excluding tert-OH is 1. The zero-order valence-electron chi connectivity index (χ0n) is 22.6. The zero-order chi connectivity index (χ0) is 25.0. The molecule has 3 N–H and O–H groups in total. The zero-order valence-corrected chi connectivity index (χ0v) is 22.6. The van der Waals surface area contributed by atoms with Crippen LogP contribution in [0.1, 0.15) is 98.1 Å². The van der Waals surface area contributed by atoms with Crippen LogP contribution in [0.4, 0.5) is 0 Å². The molecule has 0 radical (unpaired) electrons. The van der Waals surface area contributed by atoms with E-state index < -0.39 is 11.7 Å². The molecule has 0 unspecified atom stereocenters. The van der Waals surface area contributed by atoms with E-state index in [1.807, 2.05) is 19.9 Å². The fourth-order valence-corrected chi connectivity index (χ4v) is 9.20. The van der Waals surface area contributed by atoms with Crippen molar-refractivity contribution in [1.82, 2.24) is 10.2 Å². The summed E-state index contributed by atoms with van der Waals surface area (Å²) >= 11 is 0. The van der Waals surface area contributed by atoms with Gasteiger partial charge in [0.15, 0.2) is 0 Å². The normalized spacial score (nSPS) is 42.1. The first-order valence-corrected chi connectivity index (χ1v) is 14.2. The molecule has 5 nitrogen and oxygen atoms in total. The first kappa shape index (κ1) is 25.5. The van der Waals surface area contributed by atoms with Crippen LogP contribution >= 0.6 is 0 Å². The van der Waals surface area contributed by atoms with Gasteiger partial charge in [-0.1, -0.05) is 26.8 Å². The minimum absolute atomic E-state index is 0.0993. The lowest BCUT2D eigenvalue weighted by Crippen LogP contribution is -2.54. The molecule has 196 valence electrons. The van der Waals surface area contributed by atoms with Crippen LogP contribution in [0, 0.1) is 40.4 Å². The van der Waals surface area contributed by atoms with E-state index in [-0.39, 0.29) is 11.5 Å². The third kappa shape index (κ3) is 4.55. The van der Waals surface area contributed by atoms with Crippen LogP contribution in [-0.4, -0.2) is 38.2 Å². The van der Waals surface area contributed by atoms with Crippen LogP contribution < -0.4 is 0 Å². The lowest BCUT2D eigenvalue weighted by molar-refractivity contribution is -0.101. The Morgan fingerprint density at radius 2 is 1.97 bits per heavy atom. The minimum Gasteiger partial charge on any atom is -0.390 e. The number of hydrogen-bond acceptors (Lipinski definition) is 4. The lowest BCUT2D eigenvalue weighted by atomic mass is 9.46. The fraction of sp³-hybridized carbons (Fsp3) is 0.833. The van der Waals surface area contributed by atoms with Crippen molar-refractivity contribution in [2.45, 2.75) is 117 Å². The Morgan fingerprint density at radius 3 is 2.69 bits per heavy atom. The Balaban J connectivity index is 1.29. The predicted molar refractivity (Wildman–Crippen MR) is 138 cm³/mol. The summed E-state index contributed by atoms with van der Waals surface area (Å²) in [5.74, 6) is 3.64. The van der Waals surface area contributed by atoms with E-state index in [0.29, 0.717) is 23.9 Å². The SMILES string of the molecule is C[C@H](CCC(C)(C)O)[C@H]1CC[C@H]2[C@@H]3CC=C4[C@@H](O)[C@@H](OCc5ccn[nH]5)CC[C@]4(C)[C@H]3CC[C@]12C. The van der Waals surface area contributed by atoms with E-state index in [1.165, 1.54) is 31.3 Å². The van der Waals surface area contributed by atoms with Crippen molar-refractivity contribution in [3.8, 4) is 0 Å². The first-order valence-electron chi connectivity index (χ1n) is 14.2. The molecule has 0 bridgehead atoms. The second kappa shape index (κ2) is 9.29. The van der Waals surface area contributed by atoms with Crippen LogP contribution in [0.2, 0.25) is 0 Å². The second-order valence-electron chi connectivity index (χ2n) is 13.7. The van der Waals surface area contributed by atoms with Gasteiger partial charge in [0.25, 0.3) is 0 Å². The van der Waals surface area contributed by atoms with Crippen molar-refractivity contribution in [2.24, 2.45) is 40.4 Å².